The van der Waals surface area contributed by atoms with Gasteiger partial charge in [-0.1, -0.05) is 60.7 Å². The number of benzene rings is 3. The highest BCUT2D eigenvalue weighted by Gasteiger charge is 2.33. The molecule has 4 rings (SSSR count). The zero-order valence-corrected chi connectivity index (χ0v) is 19.5. The molecule has 1 N–H and O–H groups in total. The molecule has 1 fully saturated rings. The maximum atomic E-state index is 12.7. The van der Waals surface area contributed by atoms with Crippen molar-refractivity contribution in [2.45, 2.75) is 13.2 Å². The number of carbonyl (C=O) groups excluding carboxylic acids is 2. The normalized spacial score (nSPS) is 14.8. The fraction of sp³-hybridized carbons (Fsp3) is 0.0833. The summed E-state index contributed by atoms with van der Waals surface area (Å²) in [6.07, 6.45) is 1.65. The molecule has 156 valence electrons. The molecule has 0 aromatic heterocycles. The second-order valence-corrected chi connectivity index (χ2v) is 8.66. The highest BCUT2D eigenvalue weighted by Crippen LogP contribution is 2.36. The maximum Gasteiger partial charge on any atom is 0.329 e. The molecule has 0 radical (unpaired) electrons. The van der Waals surface area contributed by atoms with E-state index in [1.54, 1.807) is 6.08 Å². The lowest BCUT2D eigenvalue weighted by Gasteiger charge is -2.12. The third kappa shape index (κ3) is 5.06. The summed E-state index contributed by atoms with van der Waals surface area (Å²) in [6.45, 7) is 0.657. The van der Waals surface area contributed by atoms with Gasteiger partial charge in [0.15, 0.2) is 0 Å². The Bertz CT molecular complexity index is 1120. The Balaban J connectivity index is 1.50. The second-order valence-electron chi connectivity index (χ2n) is 6.95. The first-order valence-electron chi connectivity index (χ1n) is 9.55. The highest BCUT2D eigenvalue weighted by atomic mass is 79.9. The predicted molar refractivity (Wildman–Crippen MR) is 126 cm³/mol. The van der Waals surface area contributed by atoms with E-state index < -0.39 is 6.03 Å². The number of ether oxygens (including phenoxy) is 1. The van der Waals surface area contributed by atoms with E-state index in [0.29, 0.717) is 12.4 Å². The van der Waals surface area contributed by atoms with Gasteiger partial charge in [-0.25, -0.2) is 4.79 Å². The Morgan fingerprint density at radius 1 is 0.871 bits per heavy atom. The van der Waals surface area contributed by atoms with Gasteiger partial charge in [0.1, 0.15) is 18.1 Å². The van der Waals surface area contributed by atoms with Gasteiger partial charge >= 0.3 is 6.03 Å². The van der Waals surface area contributed by atoms with Crippen molar-refractivity contribution in [3.8, 4) is 5.75 Å². The Morgan fingerprint density at radius 2 is 1.45 bits per heavy atom. The first-order valence-corrected chi connectivity index (χ1v) is 11.1. The molecule has 0 aliphatic carbocycles. The average molecular weight is 542 g/mol. The van der Waals surface area contributed by atoms with Gasteiger partial charge in [-0.05, 0) is 66.8 Å². The van der Waals surface area contributed by atoms with Gasteiger partial charge in [-0.15, -0.1) is 0 Å². The van der Waals surface area contributed by atoms with Gasteiger partial charge in [-0.2, -0.15) is 0 Å². The molecule has 1 aliphatic heterocycles. The summed E-state index contributed by atoms with van der Waals surface area (Å²) in [7, 11) is 0. The van der Waals surface area contributed by atoms with E-state index in [2.05, 4.69) is 37.2 Å². The lowest BCUT2D eigenvalue weighted by atomic mass is 10.1. The molecule has 0 bridgehead atoms. The van der Waals surface area contributed by atoms with Crippen LogP contribution >= 0.6 is 31.9 Å². The molecule has 1 heterocycles. The molecular formula is C24H18Br2N2O3. The van der Waals surface area contributed by atoms with Crippen molar-refractivity contribution in [1.29, 1.82) is 0 Å². The fourth-order valence-electron chi connectivity index (χ4n) is 3.18. The van der Waals surface area contributed by atoms with Crippen LogP contribution < -0.4 is 10.1 Å². The van der Waals surface area contributed by atoms with Gasteiger partial charge in [0.25, 0.3) is 5.91 Å². The number of nitrogens with one attached hydrogen (secondary N) is 1. The molecule has 1 saturated heterocycles. The fourth-order valence-corrected chi connectivity index (χ4v) is 4.63. The SMILES string of the molecule is O=C1N/C(=C/c2cc(Br)c(OCc3ccccc3)c(Br)c2)C(=O)N1Cc1ccccc1. The van der Waals surface area contributed by atoms with E-state index in [0.717, 1.165) is 25.6 Å². The van der Waals surface area contributed by atoms with Crippen molar-refractivity contribution in [1.82, 2.24) is 10.2 Å². The molecule has 7 heteroatoms. The Kier molecular flexibility index (Phi) is 6.53. The smallest absolute Gasteiger partial charge is 0.329 e. The summed E-state index contributed by atoms with van der Waals surface area (Å²) in [6, 6.07) is 22.5. The van der Waals surface area contributed by atoms with Crippen LogP contribution in [0.15, 0.2) is 87.4 Å². The van der Waals surface area contributed by atoms with Crippen molar-refractivity contribution in [3.05, 3.63) is 104 Å². The van der Waals surface area contributed by atoms with Crippen molar-refractivity contribution >= 4 is 49.9 Å². The summed E-state index contributed by atoms with van der Waals surface area (Å²) in [5.41, 5.74) is 2.93. The highest BCUT2D eigenvalue weighted by molar-refractivity contribution is 9.11. The lowest BCUT2D eigenvalue weighted by Crippen LogP contribution is -2.30. The summed E-state index contributed by atoms with van der Waals surface area (Å²) >= 11 is 7.07. The van der Waals surface area contributed by atoms with Crippen LogP contribution in [-0.2, 0) is 17.9 Å². The van der Waals surface area contributed by atoms with Gasteiger partial charge in [-0.3, -0.25) is 9.69 Å². The number of amides is 3. The predicted octanol–water partition coefficient (Wildman–Crippen LogP) is 5.88. The molecule has 0 saturated carbocycles. The van der Waals surface area contributed by atoms with E-state index in [4.69, 9.17) is 4.74 Å². The summed E-state index contributed by atoms with van der Waals surface area (Å²) in [5, 5.41) is 2.66. The standard InChI is InChI=1S/C24H18Br2N2O3/c25-19-11-18(12-20(26)22(19)31-15-17-9-5-2-6-10-17)13-21-23(29)28(24(30)27-21)14-16-7-3-1-4-8-16/h1-13H,14-15H2,(H,27,30)/b21-13+. The zero-order valence-electron chi connectivity index (χ0n) is 16.3. The first kappa shape index (κ1) is 21.3. The van der Waals surface area contributed by atoms with Crippen molar-refractivity contribution < 1.29 is 14.3 Å². The third-order valence-electron chi connectivity index (χ3n) is 4.70. The van der Waals surface area contributed by atoms with Gasteiger partial charge in [0.2, 0.25) is 0 Å². The minimum Gasteiger partial charge on any atom is -0.487 e. The quantitative estimate of drug-likeness (QED) is 0.313. The minimum absolute atomic E-state index is 0.225. The molecular weight excluding hydrogens is 524 g/mol. The largest absolute Gasteiger partial charge is 0.487 e. The van der Waals surface area contributed by atoms with Gasteiger partial charge in [0.05, 0.1) is 15.5 Å². The number of rotatable bonds is 6. The molecule has 3 amide bonds. The van der Waals surface area contributed by atoms with E-state index in [1.165, 1.54) is 4.90 Å². The van der Waals surface area contributed by atoms with E-state index in [1.807, 2.05) is 72.8 Å². The van der Waals surface area contributed by atoms with Crippen molar-refractivity contribution in [3.63, 3.8) is 0 Å². The molecule has 3 aromatic carbocycles. The summed E-state index contributed by atoms with van der Waals surface area (Å²) < 4.78 is 7.42. The van der Waals surface area contributed by atoms with Gasteiger partial charge < -0.3 is 10.1 Å². The number of nitrogens with zero attached hydrogens (tertiary/aromatic N) is 1. The molecule has 5 nitrogen and oxygen atoms in total. The van der Waals surface area contributed by atoms with Gasteiger partial charge in [0, 0.05) is 0 Å². The topological polar surface area (TPSA) is 58.6 Å². The Morgan fingerprint density at radius 3 is 2.06 bits per heavy atom. The lowest BCUT2D eigenvalue weighted by molar-refractivity contribution is -0.123. The first-order chi connectivity index (χ1) is 15.0. The number of urea groups is 1. The van der Waals surface area contributed by atoms with Crippen molar-refractivity contribution in [2.75, 3.05) is 0 Å². The number of hydrogen-bond acceptors (Lipinski definition) is 3. The third-order valence-corrected chi connectivity index (χ3v) is 5.88. The maximum absolute atomic E-state index is 12.7. The zero-order chi connectivity index (χ0) is 21.8. The van der Waals surface area contributed by atoms with Crippen LogP contribution in [0.5, 0.6) is 5.75 Å². The van der Waals surface area contributed by atoms with Crippen LogP contribution in [0.1, 0.15) is 16.7 Å². The summed E-state index contributed by atoms with van der Waals surface area (Å²) in [4.78, 5) is 26.3. The van der Waals surface area contributed by atoms with Crippen LogP contribution in [0.3, 0.4) is 0 Å². The summed E-state index contributed by atoms with van der Waals surface area (Å²) in [5.74, 6) is 0.309. The number of halogens is 2. The molecule has 0 unspecified atom stereocenters. The molecule has 3 aromatic rings. The van der Waals surface area contributed by atoms with Crippen LogP contribution in [0.2, 0.25) is 0 Å². The van der Waals surface area contributed by atoms with E-state index in [-0.39, 0.29) is 18.1 Å². The molecule has 1 aliphatic rings. The van der Waals surface area contributed by atoms with Crippen molar-refractivity contribution in [2.24, 2.45) is 0 Å². The van der Waals surface area contributed by atoms with Crippen LogP contribution in [0.4, 0.5) is 4.79 Å². The van der Waals surface area contributed by atoms with Crippen LogP contribution in [0, 0.1) is 0 Å². The van der Waals surface area contributed by atoms with Crippen LogP contribution in [0.25, 0.3) is 6.08 Å². The number of imide groups is 1. The Hall–Kier alpha value is -2.90. The number of hydrogen-bond donors (Lipinski definition) is 1. The average Bonchev–Trinajstić information content (AvgIpc) is 3.02. The van der Waals surface area contributed by atoms with E-state index >= 15 is 0 Å². The molecule has 31 heavy (non-hydrogen) atoms. The molecule has 0 atom stereocenters. The molecule has 0 spiro atoms. The van der Waals surface area contributed by atoms with E-state index in [9.17, 15) is 9.59 Å². The minimum atomic E-state index is -0.430. The Labute approximate surface area is 197 Å². The second kappa shape index (κ2) is 9.49. The van der Waals surface area contributed by atoms with Crippen LogP contribution in [-0.4, -0.2) is 16.8 Å². The monoisotopic (exact) mass is 540 g/mol. The number of carbonyl (C=O) groups is 2.